The molecule has 10 heteroatoms. The van der Waals surface area contributed by atoms with Crippen LogP contribution in [-0.2, 0) is 45.6 Å². The summed E-state index contributed by atoms with van der Waals surface area (Å²) in [6.45, 7) is 2.17. The Morgan fingerprint density at radius 2 is 1.63 bits per heavy atom. The Bertz CT molecular complexity index is 1350. The highest BCUT2D eigenvalue weighted by Crippen LogP contribution is 2.15. The van der Waals surface area contributed by atoms with Crippen molar-refractivity contribution in [3.8, 4) is 5.75 Å². The van der Waals surface area contributed by atoms with Crippen molar-refractivity contribution in [3.63, 3.8) is 0 Å². The van der Waals surface area contributed by atoms with Gasteiger partial charge in [-0.2, -0.15) is 0 Å². The van der Waals surface area contributed by atoms with Crippen LogP contribution in [0.1, 0.15) is 35.6 Å². The molecule has 0 heterocycles. The highest BCUT2D eigenvalue weighted by atomic mass is 32.2. The summed E-state index contributed by atoms with van der Waals surface area (Å²) in [4.78, 5) is 24.0. The van der Waals surface area contributed by atoms with Gasteiger partial charge in [0.25, 0.3) is 0 Å². The average molecular weight is 543 g/mol. The molecule has 0 saturated carbocycles. The lowest BCUT2D eigenvalue weighted by Crippen LogP contribution is -2.43. The van der Waals surface area contributed by atoms with Gasteiger partial charge in [0.2, 0.25) is 15.9 Å². The molecule has 1 amide bonds. The van der Waals surface area contributed by atoms with Gasteiger partial charge in [0, 0.05) is 6.54 Å². The van der Waals surface area contributed by atoms with Crippen molar-refractivity contribution < 1.29 is 32.2 Å². The SMILES string of the molecule is CCCS(=O)(=O)NC(Cc1cccc(CNC(=O)Cc2ccc(OCc3cccc(F)c3)cc2)c1)C(=O)O. The minimum absolute atomic E-state index is 0.0201. The van der Waals surface area contributed by atoms with Gasteiger partial charge in [-0.05, 0) is 59.4 Å². The number of benzene rings is 3. The van der Waals surface area contributed by atoms with E-state index in [1.807, 2.05) is 0 Å². The topological polar surface area (TPSA) is 122 Å². The maximum atomic E-state index is 13.3. The number of hydrogen-bond donors (Lipinski definition) is 3. The number of carbonyl (C=O) groups excluding carboxylic acids is 1. The van der Waals surface area contributed by atoms with Crippen LogP contribution in [0.2, 0.25) is 0 Å². The summed E-state index contributed by atoms with van der Waals surface area (Å²) in [7, 11) is -3.69. The predicted octanol–water partition coefficient (Wildman–Crippen LogP) is 3.59. The number of carbonyl (C=O) groups is 2. The first-order valence-electron chi connectivity index (χ1n) is 12.2. The molecule has 3 rings (SSSR count). The Balaban J connectivity index is 1.49. The molecule has 0 radical (unpaired) electrons. The van der Waals surface area contributed by atoms with E-state index in [2.05, 4.69) is 10.0 Å². The van der Waals surface area contributed by atoms with Gasteiger partial charge in [-0.25, -0.2) is 17.5 Å². The highest BCUT2D eigenvalue weighted by Gasteiger charge is 2.24. The molecule has 0 aliphatic heterocycles. The minimum Gasteiger partial charge on any atom is -0.489 e. The summed E-state index contributed by atoms with van der Waals surface area (Å²) >= 11 is 0. The summed E-state index contributed by atoms with van der Waals surface area (Å²) in [5, 5.41) is 12.3. The third kappa shape index (κ3) is 9.60. The second kappa shape index (κ2) is 13.7. The van der Waals surface area contributed by atoms with Gasteiger partial charge in [0.1, 0.15) is 24.2 Å². The molecular formula is C28H31FN2O6S. The highest BCUT2D eigenvalue weighted by molar-refractivity contribution is 7.89. The molecule has 38 heavy (non-hydrogen) atoms. The Hall–Kier alpha value is -3.76. The van der Waals surface area contributed by atoms with E-state index in [4.69, 9.17) is 4.74 Å². The zero-order valence-corrected chi connectivity index (χ0v) is 21.8. The van der Waals surface area contributed by atoms with Crippen LogP contribution in [0.5, 0.6) is 5.75 Å². The summed E-state index contributed by atoms with van der Waals surface area (Å²) < 4.78 is 45.2. The zero-order valence-electron chi connectivity index (χ0n) is 21.0. The largest absolute Gasteiger partial charge is 0.489 e. The first kappa shape index (κ1) is 28.8. The van der Waals surface area contributed by atoms with Gasteiger partial charge < -0.3 is 15.2 Å². The van der Waals surface area contributed by atoms with Crippen molar-refractivity contribution in [2.75, 3.05) is 5.75 Å². The van der Waals surface area contributed by atoms with Gasteiger partial charge in [0.15, 0.2) is 0 Å². The van der Waals surface area contributed by atoms with Gasteiger partial charge >= 0.3 is 5.97 Å². The lowest BCUT2D eigenvalue weighted by atomic mass is 10.0. The van der Waals surface area contributed by atoms with E-state index in [1.165, 1.54) is 12.1 Å². The number of halogens is 1. The summed E-state index contributed by atoms with van der Waals surface area (Å²) in [5.74, 6) is -1.31. The minimum atomic E-state index is -3.69. The van der Waals surface area contributed by atoms with Crippen LogP contribution in [0.4, 0.5) is 4.39 Å². The molecule has 1 atom stereocenters. The fourth-order valence-electron chi connectivity index (χ4n) is 3.77. The molecule has 0 aliphatic carbocycles. The number of amides is 1. The fraction of sp³-hybridized carbons (Fsp3) is 0.286. The molecule has 1 unspecified atom stereocenters. The van der Waals surface area contributed by atoms with Crippen LogP contribution in [0, 0.1) is 5.82 Å². The maximum Gasteiger partial charge on any atom is 0.322 e. The number of ether oxygens (including phenoxy) is 1. The van der Waals surface area contributed by atoms with Crippen molar-refractivity contribution in [1.82, 2.24) is 10.0 Å². The third-order valence-corrected chi connectivity index (χ3v) is 7.19. The Morgan fingerprint density at radius 1 is 0.947 bits per heavy atom. The van der Waals surface area contributed by atoms with E-state index in [1.54, 1.807) is 67.6 Å². The maximum absolute atomic E-state index is 13.3. The van der Waals surface area contributed by atoms with E-state index in [9.17, 15) is 27.5 Å². The molecule has 0 aromatic heterocycles. The molecule has 3 aromatic rings. The van der Waals surface area contributed by atoms with Crippen LogP contribution in [0.25, 0.3) is 0 Å². The molecule has 3 N–H and O–H groups in total. The third-order valence-electron chi connectivity index (χ3n) is 5.60. The molecule has 0 spiro atoms. The average Bonchev–Trinajstić information content (AvgIpc) is 2.87. The number of aliphatic carboxylic acids is 1. The van der Waals surface area contributed by atoms with E-state index >= 15 is 0 Å². The van der Waals surface area contributed by atoms with Crippen molar-refractivity contribution in [2.24, 2.45) is 0 Å². The predicted molar refractivity (Wildman–Crippen MR) is 142 cm³/mol. The number of carboxylic acids is 1. The fourth-order valence-corrected chi connectivity index (χ4v) is 5.04. The van der Waals surface area contributed by atoms with Gasteiger partial charge in [-0.15, -0.1) is 0 Å². The lowest BCUT2D eigenvalue weighted by Gasteiger charge is -2.15. The standard InChI is InChI=1S/C28H31FN2O6S/c1-2-13-38(35,36)31-26(28(33)34)16-21-5-3-6-22(14-21)18-30-27(32)17-20-9-11-25(12-10-20)37-19-23-7-4-8-24(29)15-23/h3-12,14-15,26,31H,2,13,16-19H2,1H3,(H,30,32)(H,33,34). The van der Waals surface area contributed by atoms with Gasteiger partial charge in [-0.1, -0.05) is 55.5 Å². The number of hydrogen-bond acceptors (Lipinski definition) is 5. The molecule has 0 saturated heterocycles. The van der Waals surface area contributed by atoms with E-state index < -0.39 is 22.0 Å². The van der Waals surface area contributed by atoms with Crippen LogP contribution in [-0.4, -0.2) is 37.2 Å². The molecule has 8 nitrogen and oxygen atoms in total. The molecule has 0 bridgehead atoms. The normalized spacial score (nSPS) is 12.1. The van der Waals surface area contributed by atoms with Crippen molar-refractivity contribution in [3.05, 3.63) is 101 Å². The van der Waals surface area contributed by atoms with Crippen molar-refractivity contribution in [1.29, 1.82) is 0 Å². The van der Waals surface area contributed by atoms with Crippen LogP contribution < -0.4 is 14.8 Å². The van der Waals surface area contributed by atoms with Crippen LogP contribution >= 0.6 is 0 Å². The smallest absolute Gasteiger partial charge is 0.322 e. The summed E-state index contributed by atoms with van der Waals surface area (Å²) in [5.41, 5.74) is 2.90. The monoisotopic (exact) mass is 542 g/mol. The Kier molecular flexibility index (Phi) is 10.4. The van der Waals surface area contributed by atoms with Crippen molar-refractivity contribution >= 4 is 21.9 Å². The van der Waals surface area contributed by atoms with E-state index in [0.29, 0.717) is 23.3 Å². The van der Waals surface area contributed by atoms with Gasteiger partial charge in [0.05, 0.1) is 12.2 Å². The first-order valence-corrected chi connectivity index (χ1v) is 13.8. The van der Waals surface area contributed by atoms with E-state index in [-0.39, 0.29) is 43.5 Å². The van der Waals surface area contributed by atoms with E-state index in [0.717, 1.165) is 11.1 Å². The number of nitrogens with one attached hydrogen (secondary N) is 2. The zero-order chi connectivity index (χ0) is 27.5. The summed E-state index contributed by atoms with van der Waals surface area (Å²) in [6, 6.07) is 19.0. The van der Waals surface area contributed by atoms with Gasteiger partial charge in [-0.3, -0.25) is 9.59 Å². The van der Waals surface area contributed by atoms with Crippen molar-refractivity contribution in [2.45, 2.75) is 45.4 Å². The second-order valence-electron chi connectivity index (χ2n) is 8.87. The first-order chi connectivity index (χ1) is 18.1. The lowest BCUT2D eigenvalue weighted by molar-refractivity contribution is -0.138. The molecule has 0 aliphatic rings. The quantitative estimate of drug-likeness (QED) is 0.286. The molecule has 3 aromatic carbocycles. The summed E-state index contributed by atoms with van der Waals surface area (Å²) in [6.07, 6.45) is 0.517. The molecule has 0 fully saturated rings. The Morgan fingerprint density at radius 3 is 2.32 bits per heavy atom. The molecule has 202 valence electrons. The second-order valence-corrected chi connectivity index (χ2v) is 10.7. The number of carboxylic acid groups (broad SMARTS) is 1. The Labute approximate surface area is 221 Å². The number of rotatable bonds is 14. The number of sulfonamides is 1. The van der Waals surface area contributed by atoms with Crippen LogP contribution in [0.3, 0.4) is 0 Å². The van der Waals surface area contributed by atoms with Crippen LogP contribution in [0.15, 0.2) is 72.8 Å². The molecular weight excluding hydrogens is 511 g/mol.